The van der Waals surface area contributed by atoms with Gasteiger partial charge in [0.1, 0.15) is 0 Å². The summed E-state index contributed by atoms with van der Waals surface area (Å²) in [4.78, 5) is 0. The summed E-state index contributed by atoms with van der Waals surface area (Å²) in [5.74, 6) is 0. The molecule has 0 saturated carbocycles. The average Bonchev–Trinajstić information content (AvgIpc) is 2.00. The largest absolute Gasteiger partial charge is 0.265 e. The Kier molecular flexibility index (Phi) is 3.69. The van der Waals surface area contributed by atoms with Gasteiger partial charge in [0.05, 0.1) is 12.9 Å². The lowest BCUT2D eigenvalue weighted by molar-refractivity contribution is 0.311. The van der Waals surface area contributed by atoms with Crippen LogP contribution in [0.3, 0.4) is 0 Å². The number of halogens is 1. The Morgan fingerprint density at radius 3 is 2.57 bits per heavy atom. The molecule has 0 aliphatic rings. The smallest absolute Gasteiger partial charge is 0.264 e. The van der Waals surface area contributed by atoms with Crippen molar-refractivity contribution in [3.63, 3.8) is 0 Å². The maximum Gasteiger partial charge on any atom is 0.264 e. The van der Waals surface area contributed by atoms with E-state index in [1.165, 1.54) is 0 Å². The maximum atomic E-state index is 10.7. The molecule has 0 fully saturated rings. The van der Waals surface area contributed by atoms with Gasteiger partial charge in [-0.3, -0.25) is 4.18 Å². The molecule has 0 bridgehead atoms. The van der Waals surface area contributed by atoms with E-state index in [2.05, 4.69) is 20.1 Å². The lowest BCUT2D eigenvalue weighted by atomic mass is 10.2. The lowest BCUT2D eigenvalue weighted by Gasteiger charge is -2.04. The topological polar surface area (TPSA) is 43.4 Å². The molecular weight excluding hydrogens is 268 g/mol. The molecule has 1 aromatic rings. The Labute approximate surface area is 92.3 Å². The van der Waals surface area contributed by atoms with Crippen LogP contribution in [0.15, 0.2) is 22.7 Å². The van der Waals surface area contributed by atoms with Crippen LogP contribution in [0.4, 0.5) is 0 Å². The van der Waals surface area contributed by atoms with Crippen molar-refractivity contribution in [2.75, 3.05) is 6.26 Å². The van der Waals surface area contributed by atoms with E-state index in [9.17, 15) is 8.42 Å². The zero-order valence-corrected chi connectivity index (χ0v) is 10.4. The fourth-order valence-corrected chi connectivity index (χ4v) is 1.89. The second kappa shape index (κ2) is 4.42. The van der Waals surface area contributed by atoms with Crippen molar-refractivity contribution < 1.29 is 12.6 Å². The van der Waals surface area contributed by atoms with Crippen LogP contribution in [0.5, 0.6) is 0 Å². The molecule has 0 aromatic heterocycles. The second-order valence-corrected chi connectivity index (χ2v) is 5.56. The molecule has 0 spiro atoms. The third-order valence-electron chi connectivity index (χ3n) is 1.64. The summed E-state index contributed by atoms with van der Waals surface area (Å²) in [6.07, 6.45) is 1.04. The van der Waals surface area contributed by atoms with E-state index in [-0.39, 0.29) is 6.61 Å². The van der Waals surface area contributed by atoms with Crippen LogP contribution in [0.2, 0.25) is 0 Å². The SMILES string of the molecule is Cc1ccc(COS(C)(=O)=O)c(Br)c1. The Morgan fingerprint density at radius 1 is 1.43 bits per heavy atom. The molecule has 3 nitrogen and oxygen atoms in total. The van der Waals surface area contributed by atoms with E-state index >= 15 is 0 Å². The van der Waals surface area contributed by atoms with Gasteiger partial charge in [0.25, 0.3) is 10.1 Å². The first-order valence-electron chi connectivity index (χ1n) is 3.98. The highest BCUT2D eigenvalue weighted by molar-refractivity contribution is 9.10. The van der Waals surface area contributed by atoms with Gasteiger partial charge in [0, 0.05) is 4.47 Å². The van der Waals surface area contributed by atoms with Crippen molar-refractivity contribution in [1.82, 2.24) is 0 Å². The highest BCUT2D eigenvalue weighted by Gasteiger charge is 2.05. The number of benzene rings is 1. The van der Waals surface area contributed by atoms with E-state index in [0.29, 0.717) is 0 Å². The van der Waals surface area contributed by atoms with Gasteiger partial charge in [0.2, 0.25) is 0 Å². The minimum Gasteiger partial charge on any atom is -0.265 e. The van der Waals surface area contributed by atoms with Crippen LogP contribution >= 0.6 is 15.9 Å². The number of hydrogen-bond donors (Lipinski definition) is 0. The second-order valence-electron chi connectivity index (χ2n) is 3.06. The van der Waals surface area contributed by atoms with Crippen molar-refractivity contribution in [2.45, 2.75) is 13.5 Å². The first-order valence-corrected chi connectivity index (χ1v) is 6.59. The Bertz CT molecular complexity index is 426. The molecule has 0 N–H and O–H groups in total. The van der Waals surface area contributed by atoms with Gasteiger partial charge in [-0.05, 0) is 24.1 Å². The highest BCUT2D eigenvalue weighted by atomic mass is 79.9. The van der Waals surface area contributed by atoms with Crippen LogP contribution in [-0.4, -0.2) is 14.7 Å². The molecule has 14 heavy (non-hydrogen) atoms. The molecule has 0 heterocycles. The zero-order valence-electron chi connectivity index (χ0n) is 7.95. The van der Waals surface area contributed by atoms with Gasteiger partial charge in [-0.1, -0.05) is 28.1 Å². The van der Waals surface area contributed by atoms with E-state index in [1.807, 2.05) is 25.1 Å². The molecular formula is C9H11BrO3S. The van der Waals surface area contributed by atoms with E-state index in [4.69, 9.17) is 0 Å². The van der Waals surface area contributed by atoms with Gasteiger partial charge >= 0.3 is 0 Å². The van der Waals surface area contributed by atoms with Gasteiger partial charge in [0.15, 0.2) is 0 Å². The summed E-state index contributed by atoms with van der Waals surface area (Å²) in [7, 11) is -3.37. The molecule has 1 aromatic carbocycles. The average molecular weight is 279 g/mol. The summed E-state index contributed by atoms with van der Waals surface area (Å²) >= 11 is 3.34. The summed E-state index contributed by atoms with van der Waals surface area (Å²) in [5.41, 5.74) is 1.93. The fourth-order valence-electron chi connectivity index (χ4n) is 0.940. The number of rotatable bonds is 3. The third kappa shape index (κ3) is 3.77. The summed E-state index contributed by atoms with van der Waals surface area (Å²) in [6, 6.07) is 5.66. The molecule has 0 atom stereocenters. The molecule has 0 aliphatic heterocycles. The Balaban J connectivity index is 2.78. The van der Waals surface area contributed by atoms with E-state index < -0.39 is 10.1 Å². The Hall–Kier alpha value is -0.390. The monoisotopic (exact) mass is 278 g/mol. The first kappa shape index (κ1) is 11.7. The quantitative estimate of drug-likeness (QED) is 0.797. The van der Waals surface area contributed by atoms with Crippen LogP contribution in [-0.2, 0) is 20.9 Å². The predicted octanol–water partition coefficient (Wildman–Crippen LogP) is 2.23. The first-order chi connectivity index (χ1) is 6.38. The van der Waals surface area contributed by atoms with Gasteiger partial charge in [-0.15, -0.1) is 0 Å². The molecule has 0 amide bonds. The molecule has 0 saturated heterocycles. The van der Waals surface area contributed by atoms with Crippen molar-refractivity contribution in [3.8, 4) is 0 Å². The molecule has 1 rings (SSSR count). The van der Waals surface area contributed by atoms with Crippen LogP contribution in [0.25, 0.3) is 0 Å². The third-order valence-corrected chi connectivity index (χ3v) is 2.92. The van der Waals surface area contributed by atoms with Crippen LogP contribution in [0, 0.1) is 6.92 Å². The van der Waals surface area contributed by atoms with Crippen molar-refractivity contribution in [1.29, 1.82) is 0 Å². The van der Waals surface area contributed by atoms with Gasteiger partial charge in [-0.25, -0.2) is 0 Å². The number of hydrogen-bond acceptors (Lipinski definition) is 3. The zero-order chi connectivity index (χ0) is 10.8. The predicted molar refractivity (Wildman–Crippen MR) is 58.5 cm³/mol. The van der Waals surface area contributed by atoms with Crippen molar-refractivity contribution in [2.24, 2.45) is 0 Å². The standard InChI is InChI=1S/C9H11BrO3S/c1-7-3-4-8(9(10)5-7)6-13-14(2,11)12/h3-5H,6H2,1-2H3. The molecule has 78 valence electrons. The summed E-state index contributed by atoms with van der Waals surface area (Å²) in [5, 5.41) is 0. The normalized spacial score (nSPS) is 11.6. The van der Waals surface area contributed by atoms with Crippen molar-refractivity contribution >= 4 is 26.0 Å². The lowest BCUT2D eigenvalue weighted by Crippen LogP contribution is -2.03. The van der Waals surface area contributed by atoms with Gasteiger partial charge < -0.3 is 0 Å². The minimum absolute atomic E-state index is 0.0691. The molecule has 5 heteroatoms. The van der Waals surface area contributed by atoms with Gasteiger partial charge in [-0.2, -0.15) is 8.42 Å². The number of aryl methyl sites for hydroxylation is 1. The fraction of sp³-hybridized carbons (Fsp3) is 0.333. The molecule has 0 unspecified atom stereocenters. The van der Waals surface area contributed by atoms with Crippen LogP contribution in [0.1, 0.15) is 11.1 Å². The Morgan fingerprint density at radius 2 is 2.07 bits per heavy atom. The summed E-state index contributed by atoms with van der Waals surface area (Å²) < 4.78 is 27.0. The summed E-state index contributed by atoms with van der Waals surface area (Å²) in [6.45, 7) is 2.03. The van der Waals surface area contributed by atoms with E-state index in [1.54, 1.807) is 0 Å². The van der Waals surface area contributed by atoms with Crippen LogP contribution < -0.4 is 0 Å². The maximum absolute atomic E-state index is 10.7. The molecule has 0 aliphatic carbocycles. The highest BCUT2D eigenvalue weighted by Crippen LogP contribution is 2.19. The van der Waals surface area contributed by atoms with E-state index in [0.717, 1.165) is 21.9 Å². The van der Waals surface area contributed by atoms with Crippen molar-refractivity contribution in [3.05, 3.63) is 33.8 Å². The molecule has 0 radical (unpaired) electrons. The minimum atomic E-state index is -3.37.